The van der Waals surface area contributed by atoms with E-state index in [0.29, 0.717) is 6.54 Å². The van der Waals surface area contributed by atoms with Crippen LogP contribution in [0.3, 0.4) is 0 Å². The predicted octanol–water partition coefficient (Wildman–Crippen LogP) is 1.03. The summed E-state index contributed by atoms with van der Waals surface area (Å²) < 4.78 is 1.90. The Labute approximate surface area is 88.0 Å². The molecule has 0 fully saturated rings. The first-order valence-electron chi connectivity index (χ1n) is 3.38. The molecule has 0 amide bonds. The molecular formula is C7H10Cl2N4. The average Bonchev–Trinajstić information content (AvgIpc) is 2.46. The maximum Gasteiger partial charge on any atom is 0.155 e. The summed E-state index contributed by atoms with van der Waals surface area (Å²) in [5.74, 6) is 0. The number of imidazole rings is 1. The van der Waals surface area contributed by atoms with Crippen LogP contribution in [0, 0.1) is 0 Å². The largest absolute Gasteiger partial charge is 0.325 e. The van der Waals surface area contributed by atoms with E-state index in [2.05, 4.69) is 9.97 Å². The minimum atomic E-state index is 0. The van der Waals surface area contributed by atoms with Crippen molar-refractivity contribution >= 4 is 30.5 Å². The van der Waals surface area contributed by atoms with Crippen LogP contribution in [0.1, 0.15) is 5.69 Å². The van der Waals surface area contributed by atoms with Gasteiger partial charge in [0.1, 0.15) is 0 Å². The summed E-state index contributed by atoms with van der Waals surface area (Å²) in [5, 5.41) is 0. The minimum Gasteiger partial charge on any atom is -0.325 e. The lowest BCUT2D eigenvalue weighted by Crippen LogP contribution is -1.95. The van der Waals surface area contributed by atoms with Gasteiger partial charge in [-0.05, 0) is 0 Å². The molecule has 0 bridgehead atoms. The van der Waals surface area contributed by atoms with Gasteiger partial charge >= 0.3 is 0 Å². The topological polar surface area (TPSA) is 56.2 Å². The molecule has 2 N–H and O–H groups in total. The molecule has 6 heteroatoms. The molecule has 0 saturated heterocycles. The number of rotatable bonds is 1. The zero-order valence-electron chi connectivity index (χ0n) is 6.75. The van der Waals surface area contributed by atoms with Crippen LogP contribution in [0.25, 0.3) is 5.65 Å². The standard InChI is InChI=1S/C7H8N4.2ClH/c8-3-6-5-11-2-1-9-4-7(11)10-6;;/h1-2,4-5H,3,8H2;2*1H. The average molecular weight is 221 g/mol. The molecule has 0 aliphatic rings. The van der Waals surface area contributed by atoms with Crippen molar-refractivity contribution in [3.63, 3.8) is 0 Å². The molecular weight excluding hydrogens is 211 g/mol. The van der Waals surface area contributed by atoms with E-state index in [9.17, 15) is 0 Å². The molecule has 4 nitrogen and oxygen atoms in total. The van der Waals surface area contributed by atoms with E-state index >= 15 is 0 Å². The number of fused-ring (bicyclic) bond motifs is 1. The van der Waals surface area contributed by atoms with E-state index in [-0.39, 0.29) is 24.8 Å². The van der Waals surface area contributed by atoms with Gasteiger partial charge in [0.2, 0.25) is 0 Å². The Morgan fingerprint density at radius 1 is 1.38 bits per heavy atom. The van der Waals surface area contributed by atoms with Crippen LogP contribution >= 0.6 is 24.8 Å². The third-order valence-corrected chi connectivity index (χ3v) is 1.52. The van der Waals surface area contributed by atoms with Gasteiger partial charge in [-0.25, -0.2) is 4.98 Å². The highest BCUT2D eigenvalue weighted by atomic mass is 35.5. The Kier molecular flexibility index (Phi) is 4.69. The monoisotopic (exact) mass is 220 g/mol. The van der Waals surface area contributed by atoms with Gasteiger partial charge in [-0.2, -0.15) is 0 Å². The Balaban J connectivity index is 0.000000720. The summed E-state index contributed by atoms with van der Waals surface area (Å²) >= 11 is 0. The van der Waals surface area contributed by atoms with Crippen LogP contribution in [0.2, 0.25) is 0 Å². The highest BCUT2D eigenvalue weighted by Gasteiger charge is 1.96. The molecule has 0 aromatic carbocycles. The zero-order valence-corrected chi connectivity index (χ0v) is 8.38. The van der Waals surface area contributed by atoms with Gasteiger partial charge in [0.25, 0.3) is 0 Å². The van der Waals surface area contributed by atoms with Crippen molar-refractivity contribution in [1.82, 2.24) is 14.4 Å². The highest BCUT2D eigenvalue weighted by molar-refractivity contribution is 5.85. The molecule has 13 heavy (non-hydrogen) atoms. The Morgan fingerprint density at radius 2 is 2.15 bits per heavy atom. The summed E-state index contributed by atoms with van der Waals surface area (Å²) in [5.41, 5.74) is 7.15. The van der Waals surface area contributed by atoms with Crippen LogP contribution in [0.5, 0.6) is 0 Å². The van der Waals surface area contributed by atoms with Crippen molar-refractivity contribution in [2.75, 3.05) is 0 Å². The first kappa shape index (κ1) is 12.2. The van der Waals surface area contributed by atoms with Gasteiger partial charge in [-0.3, -0.25) is 4.98 Å². The van der Waals surface area contributed by atoms with Gasteiger partial charge in [-0.15, -0.1) is 24.8 Å². The number of hydrogen-bond donors (Lipinski definition) is 1. The zero-order chi connectivity index (χ0) is 7.68. The fraction of sp³-hybridized carbons (Fsp3) is 0.143. The summed E-state index contributed by atoms with van der Waals surface area (Å²) in [6.45, 7) is 0.474. The van der Waals surface area contributed by atoms with E-state index in [1.54, 1.807) is 12.4 Å². The van der Waals surface area contributed by atoms with E-state index in [1.807, 2.05) is 16.8 Å². The van der Waals surface area contributed by atoms with E-state index in [4.69, 9.17) is 5.73 Å². The molecule has 0 aliphatic heterocycles. The van der Waals surface area contributed by atoms with Gasteiger partial charge < -0.3 is 10.1 Å². The fourth-order valence-electron chi connectivity index (χ4n) is 0.994. The van der Waals surface area contributed by atoms with E-state index < -0.39 is 0 Å². The summed E-state index contributed by atoms with van der Waals surface area (Å²) in [6.07, 6.45) is 7.17. The Morgan fingerprint density at radius 3 is 2.77 bits per heavy atom. The second-order valence-electron chi connectivity index (χ2n) is 2.28. The molecule has 0 spiro atoms. The number of aromatic nitrogens is 3. The molecule has 2 heterocycles. The summed E-state index contributed by atoms with van der Waals surface area (Å²) in [7, 11) is 0. The van der Waals surface area contributed by atoms with Crippen molar-refractivity contribution < 1.29 is 0 Å². The number of nitrogens with two attached hydrogens (primary N) is 1. The van der Waals surface area contributed by atoms with Crippen LogP contribution < -0.4 is 5.73 Å². The first-order valence-corrected chi connectivity index (χ1v) is 3.38. The van der Waals surface area contributed by atoms with Crippen molar-refractivity contribution in [3.8, 4) is 0 Å². The lowest BCUT2D eigenvalue weighted by Gasteiger charge is -1.86. The van der Waals surface area contributed by atoms with E-state index in [1.165, 1.54) is 0 Å². The fourth-order valence-corrected chi connectivity index (χ4v) is 0.994. The molecule has 2 aromatic rings. The Hall–Kier alpha value is -0.840. The SMILES string of the molecule is Cl.Cl.NCc1cn2ccncc2n1. The lowest BCUT2D eigenvalue weighted by molar-refractivity contribution is 1.02. The van der Waals surface area contributed by atoms with Crippen LogP contribution in [0.15, 0.2) is 24.8 Å². The van der Waals surface area contributed by atoms with Crippen molar-refractivity contribution in [2.45, 2.75) is 6.54 Å². The summed E-state index contributed by atoms with van der Waals surface area (Å²) in [6, 6.07) is 0. The Bertz CT molecular complexity index is 340. The van der Waals surface area contributed by atoms with Crippen LogP contribution in [-0.2, 0) is 6.54 Å². The molecule has 0 unspecified atom stereocenters. The van der Waals surface area contributed by atoms with Crippen molar-refractivity contribution in [1.29, 1.82) is 0 Å². The number of hydrogen-bond acceptors (Lipinski definition) is 3. The van der Waals surface area contributed by atoms with Gasteiger partial charge in [-0.1, -0.05) is 0 Å². The second-order valence-corrected chi connectivity index (χ2v) is 2.28. The van der Waals surface area contributed by atoms with Gasteiger partial charge in [0.05, 0.1) is 11.9 Å². The normalized spacial score (nSPS) is 9.00. The van der Waals surface area contributed by atoms with Gasteiger partial charge in [0.15, 0.2) is 5.65 Å². The maximum atomic E-state index is 5.42. The van der Waals surface area contributed by atoms with Crippen LogP contribution in [-0.4, -0.2) is 14.4 Å². The van der Waals surface area contributed by atoms with Gasteiger partial charge in [0, 0.05) is 25.1 Å². The molecule has 0 aliphatic carbocycles. The second kappa shape index (κ2) is 5.01. The third-order valence-electron chi connectivity index (χ3n) is 1.52. The number of halogens is 2. The predicted molar refractivity (Wildman–Crippen MR) is 55.4 cm³/mol. The molecule has 0 atom stereocenters. The smallest absolute Gasteiger partial charge is 0.155 e. The molecule has 0 radical (unpaired) electrons. The summed E-state index contributed by atoms with van der Waals surface area (Å²) in [4.78, 5) is 8.14. The quantitative estimate of drug-likeness (QED) is 0.782. The highest BCUT2D eigenvalue weighted by Crippen LogP contribution is 2.00. The van der Waals surface area contributed by atoms with Crippen molar-refractivity contribution in [2.24, 2.45) is 5.73 Å². The van der Waals surface area contributed by atoms with E-state index in [0.717, 1.165) is 11.3 Å². The maximum absolute atomic E-state index is 5.42. The number of nitrogens with zero attached hydrogens (tertiary/aromatic N) is 3. The minimum absolute atomic E-state index is 0. The van der Waals surface area contributed by atoms with Crippen LogP contribution in [0.4, 0.5) is 0 Å². The molecule has 72 valence electrons. The molecule has 2 rings (SSSR count). The first-order chi connectivity index (χ1) is 5.40. The van der Waals surface area contributed by atoms with Crippen molar-refractivity contribution in [3.05, 3.63) is 30.5 Å². The lowest BCUT2D eigenvalue weighted by atomic mass is 10.5. The molecule has 0 saturated carbocycles. The third kappa shape index (κ3) is 2.30. The molecule has 2 aromatic heterocycles.